The molecule has 1 rings (SSSR count). The lowest BCUT2D eigenvalue weighted by Crippen LogP contribution is -2.30. The molecule has 0 amide bonds. The Labute approximate surface area is 91.9 Å². The number of esters is 1. The molecule has 0 saturated heterocycles. The van der Waals surface area contributed by atoms with Crippen LogP contribution in [0.5, 0.6) is 0 Å². The Bertz CT molecular complexity index is 424. The fourth-order valence-corrected chi connectivity index (χ4v) is 1.63. The number of nitrogens with two attached hydrogens (primary N) is 1. The molecule has 15 heavy (non-hydrogen) atoms. The van der Waals surface area contributed by atoms with Gasteiger partial charge in [0.15, 0.2) is 0 Å². The summed E-state index contributed by atoms with van der Waals surface area (Å²) in [5, 5.41) is 7.34. The first-order valence-electron chi connectivity index (χ1n) is 4.12. The van der Waals surface area contributed by atoms with Crippen molar-refractivity contribution in [3.05, 3.63) is 22.4 Å². The monoisotopic (exact) mass is 249 g/mol. The third-order valence-electron chi connectivity index (χ3n) is 1.77. The lowest BCUT2D eigenvalue weighted by molar-refractivity contribution is 0.0509. The molecule has 0 radical (unpaired) electrons. The maximum absolute atomic E-state index is 11.3. The van der Waals surface area contributed by atoms with Crippen molar-refractivity contribution >= 4 is 27.3 Å². The Morgan fingerprint density at radius 2 is 2.33 bits per heavy atom. The van der Waals surface area contributed by atoms with E-state index in [-0.39, 0.29) is 6.61 Å². The summed E-state index contributed by atoms with van der Waals surface area (Å²) in [5.74, 6) is -0.535. The van der Waals surface area contributed by atoms with Crippen LogP contribution in [0.15, 0.2) is 16.8 Å². The molecule has 5 nitrogen and oxygen atoms in total. The molecule has 1 heterocycles. The minimum absolute atomic E-state index is 0.229. The number of ether oxygens (including phenoxy) is 1. The van der Waals surface area contributed by atoms with Crippen molar-refractivity contribution in [2.45, 2.75) is 12.2 Å². The van der Waals surface area contributed by atoms with Crippen molar-refractivity contribution in [2.75, 3.05) is 6.61 Å². The molecule has 1 aromatic rings. The van der Waals surface area contributed by atoms with Gasteiger partial charge in [0, 0.05) is 5.38 Å². The molecule has 0 aliphatic heterocycles. The zero-order valence-corrected chi connectivity index (χ0v) is 9.68. The van der Waals surface area contributed by atoms with Gasteiger partial charge in [-0.05, 0) is 18.4 Å². The predicted octanol–water partition coefficient (Wildman–Crippen LogP) is 0.582. The topological polar surface area (TPSA) is 86.5 Å². The fraction of sp³-hybridized carbons (Fsp3) is 0.375. The van der Waals surface area contributed by atoms with Gasteiger partial charge < -0.3 is 4.74 Å². The lowest BCUT2D eigenvalue weighted by Gasteiger charge is -2.08. The van der Waals surface area contributed by atoms with Crippen LogP contribution in [-0.4, -0.2) is 26.2 Å². The minimum atomic E-state index is -3.64. The van der Waals surface area contributed by atoms with Gasteiger partial charge in [0.2, 0.25) is 10.0 Å². The van der Waals surface area contributed by atoms with Gasteiger partial charge in [-0.15, -0.1) is 0 Å². The van der Waals surface area contributed by atoms with Gasteiger partial charge in [-0.1, -0.05) is 0 Å². The number of carbonyl (C=O) groups is 1. The number of rotatable bonds is 4. The Morgan fingerprint density at radius 3 is 2.80 bits per heavy atom. The number of hydrogen-bond donors (Lipinski definition) is 1. The van der Waals surface area contributed by atoms with Crippen LogP contribution in [0.2, 0.25) is 0 Å². The lowest BCUT2D eigenvalue weighted by atomic mass is 10.3. The molecule has 84 valence electrons. The van der Waals surface area contributed by atoms with Gasteiger partial charge >= 0.3 is 5.97 Å². The highest BCUT2D eigenvalue weighted by atomic mass is 32.2. The summed E-state index contributed by atoms with van der Waals surface area (Å²) >= 11 is 1.36. The summed E-state index contributed by atoms with van der Waals surface area (Å²) in [6.45, 7) is 1.16. The maximum Gasteiger partial charge on any atom is 0.339 e. The van der Waals surface area contributed by atoms with Crippen LogP contribution >= 0.6 is 11.3 Å². The summed E-state index contributed by atoms with van der Waals surface area (Å²) in [4.78, 5) is 11.3. The average Bonchev–Trinajstić information content (AvgIpc) is 2.64. The van der Waals surface area contributed by atoms with Crippen molar-refractivity contribution in [1.82, 2.24) is 0 Å². The fourth-order valence-electron chi connectivity index (χ4n) is 0.752. The van der Waals surface area contributed by atoms with Crippen LogP contribution < -0.4 is 5.14 Å². The molecule has 0 aliphatic rings. The summed E-state index contributed by atoms with van der Waals surface area (Å²) in [6.07, 6.45) is 0. The van der Waals surface area contributed by atoms with Crippen molar-refractivity contribution in [1.29, 1.82) is 0 Å². The smallest absolute Gasteiger partial charge is 0.339 e. The first-order chi connectivity index (χ1) is 6.91. The zero-order chi connectivity index (χ0) is 11.5. The second-order valence-corrected chi connectivity index (χ2v) is 5.77. The van der Waals surface area contributed by atoms with Crippen LogP contribution in [0.1, 0.15) is 17.3 Å². The Hall–Kier alpha value is -0.920. The second kappa shape index (κ2) is 4.73. The second-order valence-electron chi connectivity index (χ2n) is 3.01. The van der Waals surface area contributed by atoms with Crippen LogP contribution in [-0.2, 0) is 14.8 Å². The summed E-state index contributed by atoms with van der Waals surface area (Å²) in [7, 11) is -3.64. The van der Waals surface area contributed by atoms with E-state index in [1.165, 1.54) is 18.3 Å². The first kappa shape index (κ1) is 12.2. The summed E-state index contributed by atoms with van der Waals surface area (Å²) < 4.78 is 26.4. The van der Waals surface area contributed by atoms with Crippen LogP contribution in [0.3, 0.4) is 0 Å². The van der Waals surface area contributed by atoms with Gasteiger partial charge in [-0.2, -0.15) is 11.3 Å². The van der Waals surface area contributed by atoms with E-state index >= 15 is 0 Å². The molecule has 0 saturated carbocycles. The number of thiophene rings is 1. The van der Waals surface area contributed by atoms with Gasteiger partial charge in [0.05, 0.1) is 5.56 Å². The highest BCUT2D eigenvalue weighted by Gasteiger charge is 2.18. The molecule has 0 spiro atoms. The molecular weight excluding hydrogens is 238 g/mol. The van der Waals surface area contributed by atoms with Gasteiger partial charge in [0.25, 0.3) is 0 Å². The summed E-state index contributed by atoms with van der Waals surface area (Å²) in [5.41, 5.74) is 0.418. The van der Waals surface area contributed by atoms with Crippen molar-refractivity contribution < 1.29 is 17.9 Å². The first-order valence-corrected chi connectivity index (χ1v) is 6.67. The van der Waals surface area contributed by atoms with E-state index < -0.39 is 21.2 Å². The molecule has 0 bridgehead atoms. The highest BCUT2D eigenvalue weighted by molar-refractivity contribution is 7.89. The number of carbonyl (C=O) groups excluding carboxylic acids is 1. The average molecular weight is 249 g/mol. The van der Waals surface area contributed by atoms with Gasteiger partial charge in [-0.25, -0.2) is 18.4 Å². The quantitative estimate of drug-likeness (QED) is 0.791. The van der Waals surface area contributed by atoms with E-state index in [9.17, 15) is 13.2 Å². The third-order valence-corrected chi connectivity index (χ3v) is 3.71. The Kier molecular flexibility index (Phi) is 3.83. The highest BCUT2D eigenvalue weighted by Crippen LogP contribution is 2.08. The van der Waals surface area contributed by atoms with E-state index in [2.05, 4.69) is 0 Å². The SMILES string of the molecule is C[C@H](COC(=O)c1ccsc1)S(N)(=O)=O. The zero-order valence-electron chi connectivity index (χ0n) is 8.04. The molecule has 1 aromatic heterocycles. The van der Waals surface area contributed by atoms with E-state index in [4.69, 9.17) is 9.88 Å². The van der Waals surface area contributed by atoms with Gasteiger partial charge in [0.1, 0.15) is 11.9 Å². The summed E-state index contributed by atoms with van der Waals surface area (Å²) in [6, 6.07) is 1.61. The predicted molar refractivity (Wildman–Crippen MR) is 57.2 cm³/mol. The van der Waals surface area contributed by atoms with Crippen LogP contribution in [0.4, 0.5) is 0 Å². The van der Waals surface area contributed by atoms with Crippen LogP contribution in [0.25, 0.3) is 0 Å². The van der Waals surface area contributed by atoms with E-state index in [0.29, 0.717) is 5.56 Å². The molecule has 0 fully saturated rings. The minimum Gasteiger partial charge on any atom is -0.461 e. The molecule has 0 unspecified atom stereocenters. The largest absolute Gasteiger partial charge is 0.461 e. The number of sulfonamides is 1. The molecule has 1 atom stereocenters. The third kappa shape index (κ3) is 3.61. The molecular formula is C8H11NO4S2. The molecule has 0 aliphatic carbocycles. The van der Waals surface area contributed by atoms with Crippen molar-refractivity contribution in [2.24, 2.45) is 5.14 Å². The molecule has 7 heteroatoms. The number of hydrogen-bond acceptors (Lipinski definition) is 5. The standard InChI is InChI=1S/C8H11NO4S2/c1-6(15(9,11)12)4-13-8(10)7-2-3-14-5-7/h2-3,5-6H,4H2,1H3,(H2,9,11,12)/t6-/m1/s1. The van der Waals surface area contributed by atoms with E-state index in [0.717, 1.165) is 0 Å². The van der Waals surface area contributed by atoms with E-state index in [1.807, 2.05) is 0 Å². The number of primary sulfonamides is 1. The Morgan fingerprint density at radius 1 is 1.67 bits per heavy atom. The van der Waals surface area contributed by atoms with E-state index in [1.54, 1.807) is 16.8 Å². The van der Waals surface area contributed by atoms with Gasteiger partial charge in [-0.3, -0.25) is 0 Å². The van der Waals surface area contributed by atoms with Crippen molar-refractivity contribution in [3.63, 3.8) is 0 Å². The van der Waals surface area contributed by atoms with Crippen LogP contribution in [0, 0.1) is 0 Å². The normalized spacial score (nSPS) is 13.5. The van der Waals surface area contributed by atoms with Crippen molar-refractivity contribution in [3.8, 4) is 0 Å². The maximum atomic E-state index is 11.3. The molecule has 2 N–H and O–H groups in total. The Balaban J connectivity index is 2.49. The molecule has 0 aromatic carbocycles.